The maximum atomic E-state index is 12.4. The van der Waals surface area contributed by atoms with Crippen molar-refractivity contribution in [3.05, 3.63) is 54.1 Å². The first kappa shape index (κ1) is 20.0. The molecule has 2 amide bonds. The van der Waals surface area contributed by atoms with Crippen LogP contribution in [0.3, 0.4) is 0 Å². The molecule has 1 saturated heterocycles. The summed E-state index contributed by atoms with van der Waals surface area (Å²) < 4.78 is 10.5. The summed E-state index contributed by atoms with van der Waals surface area (Å²) in [4.78, 5) is 26.1. The van der Waals surface area contributed by atoms with E-state index in [2.05, 4.69) is 5.32 Å². The third-order valence-electron chi connectivity index (χ3n) is 4.43. The van der Waals surface area contributed by atoms with Crippen LogP contribution in [0.2, 0.25) is 0 Å². The molecule has 2 aromatic rings. The number of hydrogen-bond acceptors (Lipinski definition) is 5. The molecule has 3 rings (SSSR count). The van der Waals surface area contributed by atoms with Crippen LogP contribution in [-0.2, 0) is 9.59 Å². The zero-order valence-corrected chi connectivity index (χ0v) is 16.1. The van der Waals surface area contributed by atoms with E-state index in [1.54, 1.807) is 35.2 Å². The standard InChI is InChI=1S/C22H21N3O4/c1-28-20-15-16(8-10-19(20)29-14-12-23)9-11-21(26)24-17-5-2-3-6-18(17)25-13-4-7-22(25)27/h2-3,5-6,8-11,15H,4,7,13-14H2,1H3,(H,24,26)/b11-9+. The van der Waals surface area contributed by atoms with E-state index in [4.69, 9.17) is 14.7 Å². The number of carbonyl (C=O) groups is 2. The average Bonchev–Trinajstić information content (AvgIpc) is 3.17. The van der Waals surface area contributed by atoms with Crippen molar-refractivity contribution in [3.63, 3.8) is 0 Å². The Balaban J connectivity index is 1.71. The fourth-order valence-electron chi connectivity index (χ4n) is 3.08. The third-order valence-corrected chi connectivity index (χ3v) is 4.43. The molecule has 29 heavy (non-hydrogen) atoms. The number of methoxy groups -OCH3 is 1. The minimum absolute atomic E-state index is 0.0630. The Labute approximate surface area is 169 Å². The van der Waals surface area contributed by atoms with Crippen molar-refractivity contribution in [2.75, 3.05) is 30.5 Å². The van der Waals surface area contributed by atoms with Gasteiger partial charge in [-0.25, -0.2) is 0 Å². The van der Waals surface area contributed by atoms with Gasteiger partial charge in [0.25, 0.3) is 0 Å². The van der Waals surface area contributed by atoms with Crippen LogP contribution in [0.15, 0.2) is 48.5 Å². The van der Waals surface area contributed by atoms with Crippen molar-refractivity contribution in [1.29, 1.82) is 5.26 Å². The van der Waals surface area contributed by atoms with E-state index < -0.39 is 0 Å². The number of amides is 2. The van der Waals surface area contributed by atoms with E-state index in [0.29, 0.717) is 35.8 Å². The predicted octanol–water partition coefficient (Wildman–Crippen LogP) is 3.38. The Hall–Kier alpha value is -3.79. The van der Waals surface area contributed by atoms with Crippen LogP contribution in [0.1, 0.15) is 18.4 Å². The molecule has 1 N–H and O–H groups in total. The lowest BCUT2D eigenvalue weighted by molar-refractivity contribution is -0.117. The van der Waals surface area contributed by atoms with Gasteiger partial charge in [-0.05, 0) is 42.3 Å². The maximum absolute atomic E-state index is 12.4. The van der Waals surface area contributed by atoms with Crippen molar-refractivity contribution in [2.24, 2.45) is 0 Å². The van der Waals surface area contributed by atoms with Gasteiger partial charge >= 0.3 is 0 Å². The normalized spacial score (nSPS) is 13.4. The van der Waals surface area contributed by atoms with Gasteiger partial charge in [0.2, 0.25) is 11.8 Å². The highest BCUT2D eigenvalue weighted by molar-refractivity contribution is 6.06. The van der Waals surface area contributed by atoms with Gasteiger partial charge in [-0.3, -0.25) is 9.59 Å². The number of carbonyl (C=O) groups excluding carboxylic acids is 2. The fourth-order valence-corrected chi connectivity index (χ4v) is 3.08. The maximum Gasteiger partial charge on any atom is 0.248 e. The van der Waals surface area contributed by atoms with Crippen molar-refractivity contribution >= 4 is 29.3 Å². The van der Waals surface area contributed by atoms with Crippen molar-refractivity contribution in [1.82, 2.24) is 0 Å². The number of ether oxygens (including phenoxy) is 2. The number of rotatable bonds is 7. The highest BCUT2D eigenvalue weighted by Gasteiger charge is 2.23. The van der Waals surface area contributed by atoms with Crippen molar-refractivity contribution in [3.8, 4) is 17.6 Å². The first-order valence-corrected chi connectivity index (χ1v) is 9.18. The van der Waals surface area contributed by atoms with E-state index in [1.165, 1.54) is 13.2 Å². The summed E-state index contributed by atoms with van der Waals surface area (Å²) >= 11 is 0. The molecular weight excluding hydrogens is 370 g/mol. The molecule has 0 aromatic heterocycles. The van der Waals surface area contributed by atoms with Crippen molar-refractivity contribution in [2.45, 2.75) is 12.8 Å². The number of anilines is 2. The Morgan fingerprint density at radius 1 is 1.28 bits per heavy atom. The van der Waals surface area contributed by atoms with Crippen LogP contribution in [-0.4, -0.2) is 32.1 Å². The fraction of sp³-hybridized carbons (Fsp3) is 0.227. The quantitative estimate of drug-likeness (QED) is 0.731. The molecule has 1 aliphatic rings. The lowest BCUT2D eigenvalue weighted by atomic mass is 10.2. The second-order valence-electron chi connectivity index (χ2n) is 6.35. The van der Waals surface area contributed by atoms with E-state index in [1.807, 2.05) is 24.3 Å². The zero-order valence-electron chi connectivity index (χ0n) is 16.1. The molecule has 0 spiro atoms. The first-order chi connectivity index (χ1) is 14.1. The summed E-state index contributed by atoms with van der Waals surface area (Å²) in [6, 6.07) is 14.3. The summed E-state index contributed by atoms with van der Waals surface area (Å²) in [7, 11) is 1.51. The summed E-state index contributed by atoms with van der Waals surface area (Å²) in [5.41, 5.74) is 2.04. The van der Waals surface area contributed by atoms with E-state index >= 15 is 0 Å². The molecule has 0 atom stereocenters. The molecule has 7 heteroatoms. The number of nitriles is 1. The first-order valence-electron chi connectivity index (χ1n) is 9.18. The van der Waals surface area contributed by atoms with Gasteiger partial charge in [-0.2, -0.15) is 5.26 Å². The lowest BCUT2D eigenvalue weighted by Crippen LogP contribution is -2.25. The predicted molar refractivity (Wildman–Crippen MR) is 110 cm³/mol. The lowest BCUT2D eigenvalue weighted by Gasteiger charge is -2.19. The van der Waals surface area contributed by atoms with Crippen LogP contribution < -0.4 is 19.7 Å². The van der Waals surface area contributed by atoms with E-state index in [9.17, 15) is 9.59 Å². The molecule has 1 fully saturated rings. The monoisotopic (exact) mass is 391 g/mol. The number of hydrogen-bond donors (Lipinski definition) is 1. The minimum atomic E-state index is -0.312. The zero-order chi connectivity index (χ0) is 20.6. The molecule has 1 aliphatic heterocycles. The molecule has 0 bridgehead atoms. The largest absolute Gasteiger partial charge is 0.493 e. The molecule has 1 heterocycles. The van der Waals surface area contributed by atoms with Gasteiger partial charge in [0.15, 0.2) is 18.1 Å². The minimum Gasteiger partial charge on any atom is -0.493 e. The Morgan fingerprint density at radius 3 is 2.83 bits per heavy atom. The van der Waals surface area contributed by atoms with Gasteiger partial charge in [0.1, 0.15) is 6.07 Å². The molecular formula is C22H21N3O4. The van der Waals surface area contributed by atoms with Crippen LogP contribution in [0.5, 0.6) is 11.5 Å². The third kappa shape index (κ3) is 4.93. The highest BCUT2D eigenvalue weighted by atomic mass is 16.5. The molecule has 0 radical (unpaired) electrons. The number of nitrogens with one attached hydrogen (secondary N) is 1. The molecule has 0 aliphatic carbocycles. The van der Waals surface area contributed by atoms with Gasteiger partial charge in [0.05, 0.1) is 18.5 Å². The Morgan fingerprint density at radius 2 is 2.10 bits per heavy atom. The van der Waals surface area contributed by atoms with Gasteiger partial charge in [-0.1, -0.05) is 18.2 Å². The number of nitrogens with zero attached hydrogens (tertiary/aromatic N) is 2. The Bertz CT molecular complexity index is 978. The second kappa shape index (κ2) is 9.42. The second-order valence-corrected chi connectivity index (χ2v) is 6.35. The highest BCUT2D eigenvalue weighted by Crippen LogP contribution is 2.30. The van der Waals surface area contributed by atoms with Gasteiger partial charge in [-0.15, -0.1) is 0 Å². The topological polar surface area (TPSA) is 91.7 Å². The SMILES string of the molecule is COc1cc(/C=C/C(=O)Nc2ccccc2N2CCCC2=O)ccc1OCC#N. The molecule has 0 saturated carbocycles. The van der Waals surface area contributed by atoms with Crippen LogP contribution in [0, 0.1) is 11.3 Å². The van der Waals surface area contributed by atoms with E-state index in [0.717, 1.165) is 12.0 Å². The smallest absolute Gasteiger partial charge is 0.248 e. The van der Waals surface area contributed by atoms with Crippen molar-refractivity contribution < 1.29 is 19.1 Å². The summed E-state index contributed by atoms with van der Waals surface area (Å²) in [5, 5.41) is 11.5. The van der Waals surface area contributed by atoms with Crippen LogP contribution in [0.4, 0.5) is 11.4 Å². The van der Waals surface area contributed by atoms with Crippen LogP contribution in [0.25, 0.3) is 6.08 Å². The van der Waals surface area contributed by atoms with Gasteiger partial charge < -0.3 is 19.7 Å². The summed E-state index contributed by atoms with van der Waals surface area (Å²) in [6.07, 6.45) is 4.40. The summed E-state index contributed by atoms with van der Waals surface area (Å²) in [5.74, 6) is 0.682. The van der Waals surface area contributed by atoms with E-state index in [-0.39, 0.29) is 18.4 Å². The average molecular weight is 391 g/mol. The number of benzene rings is 2. The molecule has 7 nitrogen and oxygen atoms in total. The van der Waals surface area contributed by atoms with Gasteiger partial charge in [0, 0.05) is 19.0 Å². The summed E-state index contributed by atoms with van der Waals surface area (Å²) in [6.45, 7) is 0.578. The van der Waals surface area contributed by atoms with Crippen LogP contribution >= 0.6 is 0 Å². The Kier molecular flexibility index (Phi) is 6.48. The molecule has 0 unspecified atom stereocenters. The molecule has 148 valence electrons. The molecule has 2 aromatic carbocycles. The number of para-hydroxylation sites is 2.